The van der Waals surface area contributed by atoms with Crippen LogP contribution in [0.2, 0.25) is 0 Å². The van der Waals surface area contributed by atoms with Gasteiger partial charge in [0, 0.05) is 25.7 Å². The molecule has 0 bridgehead atoms. The number of amides is 1. The number of imidazole rings is 1. The van der Waals surface area contributed by atoms with Crippen LogP contribution >= 0.6 is 0 Å². The number of hydrogen-bond acceptors (Lipinski definition) is 5. The Bertz CT molecular complexity index is 885. The molecule has 1 aliphatic rings. The van der Waals surface area contributed by atoms with Gasteiger partial charge in [-0.1, -0.05) is 12.5 Å². The summed E-state index contributed by atoms with van der Waals surface area (Å²) in [5, 5.41) is 11.9. The molecule has 1 fully saturated rings. The lowest BCUT2D eigenvalue weighted by Gasteiger charge is -2.26. The maximum Gasteiger partial charge on any atom is 0.258 e. The summed E-state index contributed by atoms with van der Waals surface area (Å²) in [5.74, 6) is -0.532. The minimum atomic E-state index is -3.60. The number of sulfonamides is 1. The summed E-state index contributed by atoms with van der Waals surface area (Å²) in [6.07, 6.45) is 4.09. The lowest BCUT2D eigenvalue weighted by atomic mass is 10.2. The van der Waals surface area contributed by atoms with Crippen LogP contribution in [0.15, 0.2) is 35.4 Å². The highest BCUT2D eigenvalue weighted by atomic mass is 32.2. The fourth-order valence-corrected chi connectivity index (χ4v) is 4.36. The van der Waals surface area contributed by atoms with Crippen molar-refractivity contribution < 1.29 is 18.3 Å². The summed E-state index contributed by atoms with van der Waals surface area (Å²) in [6.45, 7) is 1.01. The van der Waals surface area contributed by atoms with Gasteiger partial charge in [-0.25, -0.2) is 8.42 Å². The molecule has 3 rings (SSSR count). The molecule has 0 radical (unpaired) electrons. The van der Waals surface area contributed by atoms with E-state index in [1.807, 2.05) is 0 Å². The van der Waals surface area contributed by atoms with Gasteiger partial charge in [-0.2, -0.15) is 9.29 Å². The SMILES string of the molecule is Cn1cc(O)nc1NC(=O)c1cccc(S(=O)(=O)N2CCCCC2)c1. The third-order valence-electron chi connectivity index (χ3n) is 4.14. The van der Waals surface area contributed by atoms with Crippen molar-refractivity contribution in [1.29, 1.82) is 0 Å². The molecule has 1 aromatic carbocycles. The molecule has 1 aliphatic heterocycles. The van der Waals surface area contributed by atoms with Crippen molar-refractivity contribution in [1.82, 2.24) is 13.9 Å². The van der Waals surface area contributed by atoms with Gasteiger partial charge in [0.05, 0.1) is 11.1 Å². The Kier molecular flexibility index (Phi) is 4.78. The van der Waals surface area contributed by atoms with Gasteiger partial charge in [0.15, 0.2) is 0 Å². The monoisotopic (exact) mass is 364 g/mol. The van der Waals surface area contributed by atoms with Crippen LogP contribution in [0.3, 0.4) is 0 Å². The second-order valence-corrected chi connectivity index (χ2v) is 7.92. The number of carbonyl (C=O) groups excluding carboxylic acids is 1. The van der Waals surface area contributed by atoms with E-state index in [4.69, 9.17) is 0 Å². The highest BCUT2D eigenvalue weighted by molar-refractivity contribution is 7.89. The van der Waals surface area contributed by atoms with Crippen LogP contribution in [0.1, 0.15) is 29.6 Å². The van der Waals surface area contributed by atoms with Crippen LogP contribution in [-0.2, 0) is 17.1 Å². The minimum absolute atomic E-state index is 0.102. The molecular formula is C16H20N4O4S. The molecular weight excluding hydrogens is 344 g/mol. The first-order valence-corrected chi connectivity index (χ1v) is 9.46. The van der Waals surface area contributed by atoms with Crippen LogP contribution in [0, 0.1) is 0 Å². The number of anilines is 1. The summed E-state index contributed by atoms with van der Waals surface area (Å²) >= 11 is 0. The predicted octanol–water partition coefficient (Wildman–Crippen LogP) is 1.55. The Morgan fingerprint density at radius 3 is 2.60 bits per heavy atom. The Balaban J connectivity index is 1.83. The summed E-state index contributed by atoms with van der Waals surface area (Å²) in [4.78, 5) is 16.3. The van der Waals surface area contributed by atoms with Crippen LogP contribution in [0.4, 0.5) is 5.95 Å². The first-order valence-electron chi connectivity index (χ1n) is 8.02. The van der Waals surface area contributed by atoms with Gasteiger partial charge in [0.2, 0.25) is 21.9 Å². The van der Waals surface area contributed by atoms with Gasteiger partial charge < -0.3 is 9.67 Å². The third-order valence-corrected chi connectivity index (χ3v) is 6.03. The Labute approximate surface area is 146 Å². The van der Waals surface area contributed by atoms with Crippen LogP contribution in [-0.4, -0.2) is 46.4 Å². The molecule has 0 saturated carbocycles. The van der Waals surface area contributed by atoms with Crippen molar-refractivity contribution in [3.8, 4) is 5.88 Å². The van der Waals surface area contributed by atoms with E-state index < -0.39 is 15.9 Å². The fraction of sp³-hybridized carbons (Fsp3) is 0.375. The average Bonchev–Trinajstić information content (AvgIpc) is 2.93. The van der Waals surface area contributed by atoms with E-state index in [-0.39, 0.29) is 22.3 Å². The van der Waals surface area contributed by atoms with Gasteiger partial charge in [0.1, 0.15) is 0 Å². The summed E-state index contributed by atoms with van der Waals surface area (Å²) < 4.78 is 28.4. The molecule has 134 valence electrons. The van der Waals surface area contributed by atoms with Crippen molar-refractivity contribution in [3.05, 3.63) is 36.0 Å². The number of nitrogens with one attached hydrogen (secondary N) is 1. The third kappa shape index (κ3) is 3.67. The number of hydrogen-bond donors (Lipinski definition) is 2. The lowest BCUT2D eigenvalue weighted by molar-refractivity contribution is 0.102. The summed E-state index contributed by atoms with van der Waals surface area (Å²) in [6, 6.07) is 5.93. The molecule has 0 spiro atoms. The number of benzene rings is 1. The molecule has 2 aromatic rings. The number of carbonyl (C=O) groups is 1. The van der Waals surface area contributed by atoms with E-state index in [2.05, 4.69) is 10.3 Å². The number of rotatable bonds is 4. The number of aryl methyl sites for hydroxylation is 1. The topological polar surface area (TPSA) is 105 Å². The highest BCUT2D eigenvalue weighted by Gasteiger charge is 2.26. The van der Waals surface area contributed by atoms with Crippen LogP contribution in [0.25, 0.3) is 0 Å². The first-order chi connectivity index (χ1) is 11.9. The number of aromatic nitrogens is 2. The first kappa shape index (κ1) is 17.4. The molecule has 1 aromatic heterocycles. The molecule has 2 N–H and O–H groups in total. The molecule has 0 unspecified atom stereocenters. The molecule has 9 heteroatoms. The summed E-state index contributed by atoms with van der Waals surface area (Å²) in [7, 11) is -1.98. The van der Waals surface area contributed by atoms with Crippen molar-refractivity contribution in [3.63, 3.8) is 0 Å². The summed E-state index contributed by atoms with van der Waals surface area (Å²) in [5.41, 5.74) is 0.209. The Hall–Kier alpha value is -2.39. The molecule has 0 aliphatic carbocycles. The standard InChI is InChI=1S/C16H20N4O4S/c1-19-11-14(21)17-16(19)18-15(22)12-6-5-7-13(10-12)25(23,24)20-8-3-2-4-9-20/h5-7,10-11,21H,2-4,8-9H2,1H3,(H,17,18,22). The number of aromatic hydroxyl groups is 1. The van der Waals surface area contributed by atoms with E-state index in [1.165, 1.54) is 33.3 Å². The average molecular weight is 364 g/mol. The zero-order valence-electron chi connectivity index (χ0n) is 13.8. The van der Waals surface area contributed by atoms with Crippen molar-refractivity contribution >= 4 is 21.9 Å². The maximum atomic E-state index is 12.7. The smallest absolute Gasteiger partial charge is 0.258 e. The van der Waals surface area contributed by atoms with Crippen LogP contribution in [0.5, 0.6) is 5.88 Å². The van der Waals surface area contributed by atoms with Crippen LogP contribution < -0.4 is 5.32 Å². The highest BCUT2D eigenvalue weighted by Crippen LogP contribution is 2.22. The zero-order valence-corrected chi connectivity index (χ0v) is 14.7. The van der Waals surface area contributed by atoms with Gasteiger partial charge in [-0.05, 0) is 31.0 Å². The predicted molar refractivity (Wildman–Crippen MR) is 91.9 cm³/mol. The van der Waals surface area contributed by atoms with E-state index in [9.17, 15) is 18.3 Å². The largest absolute Gasteiger partial charge is 0.492 e. The Morgan fingerprint density at radius 1 is 1.24 bits per heavy atom. The Morgan fingerprint density at radius 2 is 1.96 bits per heavy atom. The number of nitrogens with zero attached hydrogens (tertiary/aromatic N) is 3. The van der Waals surface area contributed by atoms with Crippen molar-refractivity contribution in [2.45, 2.75) is 24.2 Å². The van der Waals surface area contributed by atoms with E-state index >= 15 is 0 Å². The molecule has 0 atom stereocenters. The maximum absolute atomic E-state index is 12.7. The lowest BCUT2D eigenvalue weighted by Crippen LogP contribution is -2.35. The van der Waals surface area contributed by atoms with Crippen molar-refractivity contribution in [2.24, 2.45) is 7.05 Å². The quantitative estimate of drug-likeness (QED) is 0.856. The van der Waals surface area contributed by atoms with Gasteiger partial charge in [-0.15, -0.1) is 0 Å². The fourth-order valence-electron chi connectivity index (χ4n) is 2.79. The second-order valence-electron chi connectivity index (χ2n) is 5.98. The van der Waals surface area contributed by atoms with Crippen molar-refractivity contribution in [2.75, 3.05) is 18.4 Å². The second kappa shape index (κ2) is 6.85. The normalized spacial score (nSPS) is 15.9. The zero-order chi connectivity index (χ0) is 18.0. The van der Waals surface area contributed by atoms with E-state index in [0.717, 1.165) is 19.3 Å². The molecule has 25 heavy (non-hydrogen) atoms. The minimum Gasteiger partial charge on any atom is -0.492 e. The molecule has 8 nitrogen and oxygen atoms in total. The van der Waals surface area contributed by atoms with E-state index in [1.54, 1.807) is 13.1 Å². The number of piperidine rings is 1. The molecule has 1 saturated heterocycles. The van der Waals surface area contributed by atoms with Gasteiger partial charge in [-0.3, -0.25) is 10.1 Å². The van der Waals surface area contributed by atoms with Gasteiger partial charge in [0.25, 0.3) is 5.91 Å². The van der Waals surface area contributed by atoms with E-state index in [0.29, 0.717) is 13.1 Å². The molecule has 1 amide bonds. The van der Waals surface area contributed by atoms with Gasteiger partial charge >= 0.3 is 0 Å². The molecule has 2 heterocycles.